The first-order valence-electron chi connectivity index (χ1n) is 5.48. The van der Waals surface area contributed by atoms with Gasteiger partial charge in [-0.3, -0.25) is 4.79 Å². The Kier molecular flexibility index (Phi) is 3.40. The molecular weight excluding hydrogens is 190 g/mol. The average molecular weight is 207 g/mol. The van der Waals surface area contributed by atoms with Crippen LogP contribution in [0.2, 0.25) is 0 Å². The third-order valence-electron chi connectivity index (χ3n) is 2.65. The lowest BCUT2D eigenvalue weighted by molar-refractivity contribution is -0.121. The van der Waals surface area contributed by atoms with E-state index in [0.29, 0.717) is 6.54 Å². The summed E-state index contributed by atoms with van der Waals surface area (Å²) in [7, 11) is 0. The van der Waals surface area contributed by atoms with Crippen LogP contribution >= 0.6 is 0 Å². The Morgan fingerprint density at radius 2 is 2.13 bits per heavy atom. The minimum atomic E-state index is 0.106. The Bertz CT molecular complexity index is 332. The van der Waals surface area contributed by atoms with Crippen LogP contribution in [0.15, 0.2) is 18.3 Å². The van der Waals surface area contributed by atoms with Crippen LogP contribution in [0, 0.1) is 0 Å². The third-order valence-corrected chi connectivity index (χ3v) is 2.65. The maximum Gasteiger partial charge on any atom is 0.239 e. The summed E-state index contributed by atoms with van der Waals surface area (Å²) in [6, 6.07) is 4.04. The maximum atomic E-state index is 11.5. The van der Waals surface area contributed by atoms with E-state index in [2.05, 4.69) is 16.7 Å². The van der Waals surface area contributed by atoms with E-state index in [1.807, 2.05) is 16.8 Å². The van der Waals surface area contributed by atoms with Gasteiger partial charge < -0.3 is 15.2 Å². The van der Waals surface area contributed by atoms with Gasteiger partial charge in [0.1, 0.15) is 6.54 Å². The Morgan fingerprint density at radius 1 is 1.27 bits per heavy atom. The predicted molar refractivity (Wildman–Crippen MR) is 58.4 cm³/mol. The van der Waals surface area contributed by atoms with Crippen molar-refractivity contribution in [3.05, 3.63) is 24.0 Å². The van der Waals surface area contributed by atoms with Crippen LogP contribution in [0.3, 0.4) is 0 Å². The van der Waals surface area contributed by atoms with Crippen LogP contribution in [0.5, 0.6) is 0 Å². The molecule has 0 saturated heterocycles. The molecule has 2 N–H and O–H groups in total. The molecule has 0 bridgehead atoms. The first kappa shape index (κ1) is 10.2. The van der Waals surface area contributed by atoms with Crippen molar-refractivity contribution < 1.29 is 4.79 Å². The lowest BCUT2D eigenvalue weighted by atomic mass is 10.3. The fourth-order valence-corrected chi connectivity index (χ4v) is 1.79. The largest absolute Gasteiger partial charge is 0.355 e. The van der Waals surface area contributed by atoms with Crippen LogP contribution in [0.1, 0.15) is 18.5 Å². The van der Waals surface area contributed by atoms with Gasteiger partial charge in [-0.1, -0.05) is 0 Å². The molecule has 1 aromatic heterocycles. The lowest BCUT2D eigenvalue weighted by Crippen LogP contribution is -2.28. The highest BCUT2D eigenvalue weighted by Crippen LogP contribution is 2.02. The summed E-state index contributed by atoms with van der Waals surface area (Å²) >= 11 is 0. The molecule has 2 rings (SSSR count). The number of carbonyl (C=O) groups is 1. The lowest BCUT2D eigenvalue weighted by Gasteiger charge is -2.08. The second kappa shape index (κ2) is 4.98. The molecule has 1 aliphatic heterocycles. The highest BCUT2D eigenvalue weighted by atomic mass is 16.1. The van der Waals surface area contributed by atoms with E-state index in [1.54, 1.807) is 0 Å². The third kappa shape index (κ3) is 2.83. The summed E-state index contributed by atoms with van der Waals surface area (Å²) in [4.78, 5) is 11.5. The van der Waals surface area contributed by atoms with Crippen LogP contribution in [0.25, 0.3) is 0 Å². The van der Waals surface area contributed by atoms with Crippen LogP contribution in [-0.4, -0.2) is 23.6 Å². The highest BCUT2D eigenvalue weighted by Gasteiger charge is 2.06. The van der Waals surface area contributed by atoms with Crippen molar-refractivity contribution in [3.63, 3.8) is 0 Å². The number of rotatable bonds is 0. The maximum absolute atomic E-state index is 11.5. The van der Waals surface area contributed by atoms with Crippen molar-refractivity contribution in [2.24, 2.45) is 0 Å². The van der Waals surface area contributed by atoms with Gasteiger partial charge in [0.25, 0.3) is 0 Å². The molecule has 0 saturated carbocycles. The number of nitrogens with one attached hydrogen (secondary N) is 2. The van der Waals surface area contributed by atoms with Crippen molar-refractivity contribution in [2.75, 3.05) is 13.1 Å². The molecule has 0 unspecified atom stereocenters. The number of aromatic nitrogens is 1. The van der Waals surface area contributed by atoms with Crippen molar-refractivity contribution >= 4 is 5.91 Å². The fourth-order valence-electron chi connectivity index (χ4n) is 1.79. The number of hydrogen-bond donors (Lipinski definition) is 2. The van der Waals surface area contributed by atoms with E-state index in [9.17, 15) is 4.79 Å². The zero-order valence-electron chi connectivity index (χ0n) is 8.83. The van der Waals surface area contributed by atoms with Crippen LogP contribution < -0.4 is 10.6 Å². The zero-order chi connectivity index (χ0) is 10.5. The van der Waals surface area contributed by atoms with Crippen molar-refractivity contribution in [3.8, 4) is 0 Å². The first-order chi connectivity index (χ1) is 7.36. The molecule has 1 aromatic rings. The Labute approximate surface area is 89.7 Å². The molecule has 1 amide bonds. The number of nitrogens with zero attached hydrogens (tertiary/aromatic N) is 1. The second-order valence-corrected chi connectivity index (χ2v) is 3.86. The summed E-state index contributed by atoms with van der Waals surface area (Å²) in [5.41, 5.74) is 1.17. The summed E-state index contributed by atoms with van der Waals surface area (Å²) in [6.07, 6.45) is 4.11. The van der Waals surface area contributed by atoms with Gasteiger partial charge in [-0.2, -0.15) is 0 Å². The van der Waals surface area contributed by atoms with Gasteiger partial charge in [-0.25, -0.2) is 0 Å². The van der Waals surface area contributed by atoms with Gasteiger partial charge in [0, 0.05) is 25.0 Å². The summed E-state index contributed by atoms with van der Waals surface area (Å²) in [5, 5.41) is 6.30. The Morgan fingerprint density at radius 3 is 3.07 bits per heavy atom. The molecule has 0 fully saturated rings. The Hall–Kier alpha value is -1.29. The summed E-state index contributed by atoms with van der Waals surface area (Å²) in [6.45, 7) is 3.09. The highest BCUT2D eigenvalue weighted by molar-refractivity contribution is 5.75. The normalized spacial score (nSPS) is 18.8. The standard InChI is InChI=1S/C11H17N3O/c15-11-9-14-7-3-4-10(14)8-12-5-1-2-6-13-11/h3-4,7,12H,1-2,5-6,8-9H2,(H,13,15). The smallest absolute Gasteiger partial charge is 0.239 e. The van der Waals surface area contributed by atoms with E-state index in [1.165, 1.54) is 5.69 Å². The summed E-state index contributed by atoms with van der Waals surface area (Å²) in [5.74, 6) is 0.106. The van der Waals surface area contributed by atoms with E-state index in [4.69, 9.17) is 0 Å². The van der Waals surface area contributed by atoms with Crippen LogP contribution in [-0.2, 0) is 17.9 Å². The van der Waals surface area contributed by atoms with Gasteiger partial charge in [0.2, 0.25) is 5.91 Å². The number of carbonyl (C=O) groups excluding carboxylic acids is 1. The number of hydrogen-bond acceptors (Lipinski definition) is 2. The fraction of sp³-hybridized carbons (Fsp3) is 0.545. The predicted octanol–water partition coefficient (Wildman–Crippen LogP) is 0.488. The van der Waals surface area contributed by atoms with Crippen molar-refractivity contribution in [1.82, 2.24) is 15.2 Å². The van der Waals surface area contributed by atoms with Gasteiger partial charge in [0.15, 0.2) is 0 Å². The Balaban J connectivity index is 2.07. The van der Waals surface area contributed by atoms with Gasteiger partial charge in [-0.05, 0) is 31.5 Å². The summed E-state index contributed by atoms with van der Waals surface area (Å²) < 4.78 is 1.99. The monoisotopic (exact) mass is 207 g/mol. The minimum Gasteiger partial charge on any atom is -0.355 e. The SMILES string of the molecule is O=C1Cn2cccc2CNCCCCN1. The molecule has 4 nitrogen and oxygen atoms in total. The molecule has 0 radical (unpaired) electrons. The number of amides is 1. The molecule has 0 atom stereocenters. The molecule has 0 aliphatic carbocycles. The molecule has 1 aliphatic rings. The zero-order valence-corrected chi connectivity index (χ0v) is 8.83. The molecule has 4 heteroatoms. The minimum absolute atomic E-state index is 0.106. The number of fused-ring (bicyclic) bond motifs is 1. The topological polar surface area (TPSA) is 46.1 Å². The quantitative estimate of drug-likeness (QED) is 0.650. The second-order valence-electron chi connectivity index (χ2n) is 3.86. The molecule has 15 heavy (non-hydrogen) atoms. The van der Waals surface area contributed by atoms with Crippen molar-refractivity contribution in [1.29, 1.82) is 0 Å². The van der Waals surface area contributed by atoms with Crippen LogP contribution in [0.4, 0.5) is 0 Å². The molecule has 0 aromatic carbocycles. The molecule has 82 valence electrons. The van der Waals surface area contributed by atoms with E-state index in [-0.39, 0.29) is 5.91 Å². The van der Waals surface area contributed by atoms with E-state index >= 15 is 0 Å². The average Bonchev–Trinajstić information content (AvgIpc) is 2.62. The molecule has 0 spiro atoms. The molecule has 2 heterocycles. The first-order valence-corrected chi connectivity index (χ1v) is 5.48. The van der Waals surface area contributed by atoms with Gasteiger partial charge in [-0.15, -0.1) is 0 Å². The van der Waals surface area contributed by atoms with E-state index in [0.717, 1.165) is 32.5 Å². The van der Waals surface area contributed by atoms with Gasteiger partial charge in [0.05, 0.1) is 0 Å². The van der Waals surface area contributed by atoms with Crippen molar-refractivity contribution in [2.45, 2.75) is 25.9 Å². The molecular formula is C11H17N3O. The van der Waals surface area contributed by atoms with Gasteiger partial charge >= 0.3 is 0 Å². The van der Waals surface area contributed by atoms with E-state index < -0.39 is 0 Å².